The molecule has 1 saturated carbocycles. The van der Waals surface area contributed by atoms with Crippen LogP contribution in [-0.4, -0.2) is 80.8 Å². The summed E-state index contributed by atoms with van der Waals surface area (Å²) < 4.78 is 0. The summed E-state index contributed by atoms with van der Waals surface area (Å²) in [7, 11) is 0. The first kappa shape index (κ1) is 23.7. The van der Waals surface area contributed by atoms with Crippen molar-refractivity contribution >= 4 is 23.6 Å². The van der Waals surface area contributed by atoms with Gasteiger partial charge in [-0.25, -0.2) is 9.97 Å². The molecular formula is C27H34N8O2. The van der Waals surface area contributed by atoms with Crippen molar-refractivity contribution in [3.63, 3.8) is 0 Å². The number of carbonyl (C=O) groups excluding carboxylic acids is 2. The van der Waals surface area contributed by atoms with Gasteiger partial charge in [0.1, 0.15) is 5.84 Å². The van der Waals surface area contributed by atoms with Crippen LogP contribution in [0.2, 0.25) is 0 Å². The molecule has 3 aliphatic heterocycles. The second kappa shape index (κ2) is 10.4. The number of amides is 2. The number of aromatic nitrogens is 2. The van der Waals surface area contributed by atoms with Crippen molar-refractivity contribution in [1.29, 1.82) is 0 Å². The lowest BCUT2D eigenvalue weighted by atomic mass is 9.80. The van der Waals surface area contributed by atoms with Crippen molar-refractivity contribution in [3.8, 4) is 0 Å². The molecule has 2 saturated heterocycles. The van der Waals surface area contributed by atoms with Gasteiger partial charge >= 0.3 is 0 Å². The molecule has 3 fully saturated rings. The van der Waals surface area contributed by atoms with Crippen LogP contribution in [0, 0.1) is 5.92 Å². The molecule has 1 aromatic carbocycles. The van der Waals surface area contributed by atoms with Crippen LogP contribution in [0.3, 0.4) is 0 Å². The summed E-state index contributed by atoms with van der Waals surface area (Å²) in [5, 5.41) is 4.67. The number of anilines is 1. The van der Waals surface area contributed by atoms with Gasteiger partial charge in [-0.15, -0.1) is 0 Å². The molecule has 6 rings (SSSR count). The zero-order valence-electron chi connectivity index (χ0n) is 21.1. The summed E-state index contributed by atoms with van der Waals surface area (Å²) >= 11 is 0. The molecule has 1 aromatic heterocycles. The van der Waals surface area contributed by atoms with Gasteiger partial charge in [-0.3, -0.25) is 19.9 Å². The first-order valence-electron chi connectivity index (χ1n) is 13.4. The van der Waals surface area contributed by atoms with Gasteiger partial charge in [-0.05, 0) is 24.5 Å². The van der Waals surface area contributed by atoms with E-state index in [9.17, 15) is 9.59 Å². The predicted molar refractivity (Wildman–Crippen MR) is 139 cm³/mol. The van der Waals surface area contributed by atoms with E-state index < -0.39 is 0 Å². The fraction of sp³-hybridized carbons (Fsp3) is 0.519. The lowest BCUT2D eigenvalue weighted by Gasteiger charge is -2.50. The van der Waals surface area contributed by atoms with E-state index in [0.29, 0.717) is 38.4 Å². The molecule has 2 aromatic rings. The highest BCUT2D eigenvalue weighted by Crippen LogP contribution is 2.38. The third-order valence-electron chi connectivity index (χ3n) is 8.08. The monoisotopic (exact) mass is 502 g/mol. The number of piperazine rings is 1. The molecule has 0 bridgehead atoms. The Morgan fingerprint density at radius 3 is 2.51 bits per heavy atom. The Kier molecular flexibility index (Phi) is 6.63. The summed E-state index contributed by atoms with van der Waals surface area (Å²) in [5.74, 6) is 1.97. The molecule has 1 aliphatic carbocycles. The van der Waals surface area contributed by atoms with Gasteiger partial charge in [0, 0.05) is 64.0 Å². The predicted octanol–water partition coefficient (Wildman–Crippen LogP) is 2.01. The quantitative estimate of drug-likeness (QED) is 0.645. The smallest absolute Gasteiger partial charge is 0.231 e. The van der Waals surface area contributed by atoms with E-state index in [0.717, 1.165) is 50.2 Å². The summed E-state index contributed by atoms with van der Waals surface area (Å²) in [5.41, 5.74) is 4.35. The number of hydrazone groups is 1. The summed E-state index contributed by atoms with van der Waals surface area (Å²) in [6.07, 6.45) is 8.30. The average Bonchev–Trinajstić information content (AvgIpc) is 3.39. The zero-order valence-corrected chi connectivity index (χ0v) is 21.1. The Labute approximate surface area is 217 Å². The maximum atomic E-state index is 13.5. The summed E-state index contributed by atoms with van der Waals surface area (Å²) in [6, 6.07) is 12.1. The molecule has 10 nitrogen and oxygen atoms in total. The molecule has 10 heteroatoms. The fourth-order valence-corrected chi connectivity index (χ4v) is 6.17. The highest BCUT2D eigenvalue weighted by atomic mass is 16.2. The van der Waals surface area contributed by atoms with Gasteiger partial charge in [0.25, 0.3) is 0 Å². The molecule has 0 radical (unpaired) electrons. The van der Waals surface area contributed by atoms with Crippen LogP contribution in [0.25, 0.3) is 0 Å². The van der Waals surface area contributed by atoms with Crippen LogP contribution in [-0.2, 0) is 16.1 Å². The van der Waals surface area contributed by atoms with Gasteiger partial charge in [-0.1, -0.05) is 43.2 Å². The number of nitrogens with zero attached hydrogens (tertiary/aromatic N) is 7. The Balaban J connectivity index is 1.10. The number of amidine groups is 1. The van der Waals surface area contributed by atoms with Crippen LogP contribution >= 0.6 is 0 Å². The zero-order chi connectivity index (χ0) is 25.2. The molecule has 194 valence electrons. The van der Waals surface area contributed by atoms with Gasteiger partial charge in [0.15, 0.2) is 6.29 Å². The van der Waals surface area contributed by atoms with Gasteiger partial charge in [0.2, 0.25) is 17.8 Å². The highest BCUT2D eigenvalue weighted by molar-refractivity contribution is 5.91. The van der Waals surface area contributed by atoms with E-state index in [4.69, 9.17) is 0 Å². The van der Waals surface area contributed by atoms with E-state index >= 15 is 0 Å². The highest BCUT2D eigenvalue weighted by Gasteiger charge is 2.50. The standard InChI is InChI=1S/C27H34N8O2/c36-24(32-15-17-33(18-16-32)26-28-13-6-14-29-26)12-11-23-30-31-27-34(19-20-7-2-1-3-8-20)25(37)21-9-4-5-10-22(21)35(23)27/h1-3,6-8,13-14,21-22,27,31H,4-5,9-12,15-19H2. The molecule has 1 N–H and O–H groups in total. The minimum Gasteiger partial charge on any atom is -0.339 e. The van der Waals surface area contributed by atoms with Gasteiger partial charge in [0.05, 0.1) is 5.92 Å². The van der Waals surface area contributed by atoms with E-state index in [1.165, 1.54) is 0 Å². The van der Waals surface area contributed by atoms with Crippen molar-refractivity contribution in [1.82, 2.24) is 30.1 Å². The molecule has 37 heavy (non-hydrogen) atoms. The number of carbonyl (C=O) groups is 2. The van der Waals surface area contributed by atoms with Crippen LogP contribution < -0.4 is 10.3 Å². The number of fused-ring (bicyclic) bond motifs is 3. The molecule has 2 amide bonds. The number of hydrogen-bond donors (Lipinski definition) is 1. The van der Waals surface area contributed by atoms with E-state index in [1.54, 1.807) is 12.4 Å². The molecule has 3 atom stereocenters. The van der Waals surface area contributed by atoms with Crippen molar-refractivity contribution in [2.75, 3.05) is 31.1 Å². The minimum atomic E-state index is -0.286. The molecule has 0 spiro atoms. The average molecular weight is 503 g/mol. The molecule has 4 aliphatic rings. The largest absolute Gasteiger partial charge is 0.339 e. The van der Waals surface area contributed by atoms with E-state index in [1.807, 2.05) is 34.1 Å². The normalized spacial score (nSPS) is 25.4. The van der Waals surface area contributed by atoms with Crippen LogP contribution in [0.4, 0.5) is 5.95 Å². The number of rotatable bonds is 6. The third-order valence-corrected chi connectivity index (χ3v) is 8.08. The van der Waals surface area contributed by atoms with Crippen molar-refractivity contribution in [2.45, 2.75) is 57.4 Å². The fourth-order valence-electron chi connectivity index (χ4n) is 6.17. The van der Waals surface area contributed by atoms with Crippen molar-refractivity contribution in [3.05, 3.63) is 54.4 Å². The van der Waals surface area contributed by atoms with Crippen LogP contribution in [0.5, 0.6) is 0 Å². The Morgan fingerprint density at radius 2 is 1.73 bits per heavy atom. The van der Waals surface area contributed by atoms with Crippen molar-refractivity contribution < 1.29 is 9.59 Å². The Hall–Kier alpha value is -3.69. The van der Waals surface area contributed by atoms with Gasteiger partial charge in [-0.2, -0.15) is 5.10 Å². The van der Waals surface area contributed by atoms with E-state index in [2.05, 4.69) is 42.4 Å². The number of benzene rings is 1. The lowest BCUT2D eigenvalue weighted by Crippen LogP contribution is -2.67. The second-order valence-electron chi connectivity index (χ2n) is 10.3. The second-order valence-corrected chi connectivity index (χ2v) is 10.3. The van der Waals surface area contributed by atoms with Crippen LogP contribution in [0.15, 0.2) is 53.9 Å². The maximum Gasteiger partial charge on any atom is 0.231 e. The molecule has 4 heterocycles. The minimum absolute atomic E-state index is 0.0113. The first-order valence-corrected chi connectivity index (χ1v) is 13.4. The topological polar surface area (TPSA) is 97.3 Å². The van der Waals surface area contributed by atoms with Gasteiger partial charge < -0.3 is 14.7 Å². The lowest BCUT2D eigenvalue weighted by molar-refractivity contribution is -0.156. The van der Waals surface area contributed by atoms with Crippen molar-refractivity contribution in [2.24, 2.45) is 11.0 Å². The number of nitrogens with one attached hydrogen (secondary N) is 1. The SMILES string of the molecule is O=C(CCC1=NNC2N(Cc3ccccc3)C(=O)C3CCCCC3N12)N1CCN(c2ncccn2)CC1. The van der Waals surface area contributed by atoms with E-state index in [-0.39, 0.29) is 30.1 Å². The molecule has 3 unspecified atom stereocenters. The summed E-state index contributed by atoms with van der Waals surface area (Å²) in [4.78, 5) is 43.6. The third kappa shape index (κ3) is 4.72. The Bertz CT molecular complexity index is 1140. The number of hydrogen-bond acceptors (Lipinski definition) is 8. The Morgan fingerprint density at radius 1 is 0.973 bits per heavy atom. The first-order chi connectivity index (χ1) is 18.2. The summed E-state index contributed by atoms with van der Waals surface area (Å²) in [6.45, 7) is 3.34. The maximum absolute atomic E-state index is 13.5. The van der Waals surface area contributed by atoms with Crippen LogP contribution in [0.1, 0.15) is 44.1 Å². The molecular weight excluding hydrogens is 468 g/mol.